The quantitative estimate of drug-likeness (QED) is 0.424. The fourth-order valence-corrected chi connectivity index (χ4v) is 3.34. The summed E-state index contributed by atoms with van der Waals surface area (Å²) in [5, 5.41) is 0. The van der Waals surface area contributed by atoms with Gasteiger partial charge in [0.1, 0.15) is 0 Å². The van der Waals surface area contributed by atoms with E-state index in [1.807, 2.05) is 0 Å². The molecule has 0 aromatic heterocycles. The van der Waals surface area contributed by atoms with E-state index in [2.05, 4.69) is 6.92 Å². The van der Waals surface area contributed by atoms with E-state index in [-0.39, 0.29) is 0 Å². The third-order valence-corrected chi connectivity index (χ3v) is 4.80. The van der Waals surface area contributed by atoms with Crippen molar-refractivity contribution < 1.29 is 4.74 Å². The molecule has 2 unspecified atom stereocenters. The molecule has 0 amide bonds. The first-order valence-corrected chi connectivity index (χ1v) is 9.70. The van der Waals surface area contributed by atoms with Crippen molar-refractivity contribution in [2.75, 3.05) is 6.61 Å². The van der Waals surface area contributed by atoms with Crippen LogP contribution in [0, 0.1) is 0 Å². The highest BCUT2D eigenvalue weighted by Gasteiger charge is 2.15. The summed E-state index contributed by atoms with van der Waals surface area (Å²) in [6.45, 7) is 3.26. The Bertz CT molecular complexity index is 214. The molecule has 0 radical (unpaired) electrons. The fourth-order valence-electron chi connectivity index (χ4n) is 3.34. The van der Waals surface area contributed by atoms with Crippen molar-refractivity contribution in [3.8, 4) is 0 Å². The van der Waals surface area contributed by atoms with E-state index in [0.717, 1.165) is 6.61 Å². The van der Waals surface area contributed by atoms with Crippen LogP contribution in [0.15, 0.2) is 0 Å². The second kappa shape index (κ2) is 13.6. The van der Waals surface area contributed by atoms with E-state index in [1.165, 1.54) is 96.3 Å². The third-order valence-electron chi connectivity index (χ3n) is 4.80. The van der Waals surface area contributed by atoms with Gasteiger partial charge in [0.05, 0.1) is 6.10 Å². The minimum Gasteiger partial charge on any atom is -0.378 e. The van der Waals surface area contributed by atoms with E-state index in [4.69, 9.17) is 10.5 Å². The minimum absolute atomic E-state index is 0.427. The molecule has 0 aromatic carbocycles. The second-order valence-corrected chi connectivity index (χ2v) is 6.94. The molecule has 21 heavy (non-hydrogen) atoms. The molecule has 126 valence electrons. The van der Waals surface area contributed by atoms with Gasteiger partial charge in [0, 0.05) is 12.6 Å². The molecular formula is C19H39NO. The Morgan fingerprint density at radius 1 is 0.905 bits per heavy atom. The summed E-state index contributed by atoms with van der Waals surface area (Å²) >= 11 is 0. The third kappa shape index (κ3) is 11.2. The zero-order valence-electron chi connectivity index (χ0n) is 14.5. The van der Waals surface area contributed by atoms with Gasteiger partial charge in [-0.15, -0.1) is 0 Å². The molecule has 1 fully saturated rings. The van der Waals surface area contributed by atoms with E-state index in [1.54, 1.807) is 0 Å². The number of nitrogens with two attached hydrogens (primary N) is 1. The van der Waals surface area contributed by atoms with E-state index in [0.29, 0.717) is 12.1 Å². The molecule has 1 heterocycles. The van der Waals surface area contributed by atoms with Crippen molar-refractivity contribution in [1.82, 2.24) is 0 Å². The molecule has 2 heteroatoms. The Morgan fingerprint density at radius 3 is 2.14 bits per heavy atom. The molecule has 1 aliphatic rings. The lowest BCUT2D eigenvalue weighted by molar-refractivity contribution is 0.101. The first-order chi connectivity index (χ1) is 10.3. The van der Waals surface area contributed by atoms with Gasteiger partial charge in [-0.3, -0.25) is 0 Å². The van der Waals surface area contributed by atoms with Crippen LogP contribution in [0.3, 0.4) is 0 Å². The van der Waals surface area contributed by atoms with Crippen molar-refractivity contribution in [3.63, 3.8) is 0 Å². The van der Waals surface area contributed by atoms with Crippen LogP contribution in [-0.4, -0.2) is 18.8 Å². The van der Waals surface area contributed by atoms with Crippen LogP contribution in [0.4, 0.5) is 0 Å². The lowest BCUT2D eigenvalue weighted by Crippen LogP contribution is -2.20. The summed E-state index contributed by atoms with van der Waals surface area (Å²) in [6.07, 6.45) is 20.6. The monoisotopic (exact) mass is 297 g/mol. The maximum atomic E-state index is 6.21. The van der Waals surface area contributed by atoms with E-state index < -0.39 is 0 Å². The first kappa shape index (κ1) is 19.0. The Hall–Kier alpha value is -0.0800. The summed E-state index contributed by atoms with van der Waals surface area (Å²) in [5.41, 5.74) is 6.21. The molecule has 0 bridgehead atoms. The highest BCUT2D eigenvalue weighted by atomic mass is 16.5. The van der Waals surface area contributed by atoms with E-state index in [9.17, 15) is 0 Å². The molecule has 2 atom stereocenters. The highest BCUT2D eigenvalue weighted by molar-refractivity contribution is 4.68. The second-order valence-electron chi connectivity index (χ2n) is 6.94. The van der Waals surface area contributed by atoms with Gasteiger partial charge in [-0.05, 0) is 38.5 Å². The predicted octanol–water partition coefficient (Wildman–Crippen LogP) is 5.58. The topological polar surface area (TPSA) is 35.2 Å². The van der Waals surface area contributed by atoms with E-state index >= 15 is 0 Å². The Balaban J connectivity index is 1.77. The van der Waals surface area contributed by atoms with Crippen LogP contribution in [-0.2, 0) is 4.74 Å². The standard InChI is InChI=1S/C19H39NO/c1-2-3-4-5-6-7-8-9-10-13-18(20)14-11-15-19-16-12-17-21-19/h18-19H,2-17,20H2,1H3. The average Bonchev–Trinajstić information content (AvgIpc) is 2.99. The normalized spacial score (nSPS) is 20.0. The van der Waals surface area contributed by atoms with Gasteiger partial charge >= 0.3 is 0 Å². The Labute approximate surface area is 133 Å². The highest BCUT2D eigenvalue weighted by Crippen LogP contribution is 2.19. The van der Waals surface area contributed by atoms with Gasteiger partial charge in [0.15, 0.2) is 0 Å². The van der Waals surface area contributed by atoms with Gasteiger partial charge in [-0.25, -0.2) is 0 Å². The van der Waals surface area contributed by atoms with Gasteiger partial charge in [0.2, 0.25) is 0 Å². The maximum absolute atomic E-state index is 6.21. The van der Waals surface area contributed by atoms with Gasteiger partial charge < -0.3 is 10.5 Å². The average molecular weight is 298 g/mol. The molecule has 1 rings (SSSR count). The van der Waals surface area contributed by atoms with Crippen LogP contribution < -0.4 is 5.73 Å². The number of ether oxygens (including phenoxy) is 1. The van der Waals surface area contributed by atoms with Crippen LogP contribution >= 0.6 is 0 Å². The Morgan fingerprint density at radius 2 is 1.52 bits per heavy atom. The zero-order chi connectivity index (χ0) is 15.2. The number of hydrogen-bond donors (Lipinski definition) is 1. The summed E-state index contributed by atoms with van der Waals surface area (Å²) in [5.74, 6) is 0. The molecule has 1 saturated heterocycles. The number of unbranched alkanes of at least 4 members (excludes halogenated alkanes) is 8. The number of rotatable bonds is 14. The fraction of sp³-hybridized carbons (Fsp3) is 1.00. The predicted molar refractivity (Wildman–Crippen MR) is 92.6 cm³/mol. The molecule has 0 saturated carbocycles. The largest absolute Gasteiger partial charge is 0.378 e. The Kier molecular flexibility index (Phi) is 12.3. The molecule has 2 N–H and O–H groups in total. The smallest absolute Gasteiger partial charge is 0.0576 e. The summed E-state index contributed by atoms with van der Waals surface area (Å²) in [4.78, 5) is 0. The first-order valence-electron chi connectivity index (χ1n) is 9.70. The van der Waals surface area contributed by atoms with Crippen molar-refractivity contribution in [3.05, 3.63) is 0 Å². The molecule has 0 aliphatic carbocycles. The van der Waals surface area contributed by atoms with Gasteiger partial charge in [0.25, 0.3) is 0 Å². The summed E-state index contributed by atoms with van der Waals surface area (Å²) < 4.78 is 5.65. The van der Waals surface area contributed by atoms with Crippen LogP contribution in [0.5, 0.6) is 0 Å². The SMILES string of the molecule is CCCCCCCCCCCC(N)CCCC1CCCO1. The molecular weight excluding hydrogens is 258 g/mol. The lowest BCUT2D eigenvalue weighted by atomic mass is 10.0. The molecule has 0 spiro atoms. The zero-order valence-corrected chi connectivity index (χ0v) is 14.5. The lowest BCUT2D eigenvalue weighted by Gasteiger charge is -2.13. The van der Waals surface area contributed by atoms with Crippen molar-refractivity contribution >= 4 is 0 Å². The van der Waals surface area contributed by atoms with Crippen molar-refractivity contribution in [1.29, 1.82) is 0 Å². The van der Waals surface area contributed by atoms with Gasteiger partial charge in [-0.1, -0.05) is 64.7 Å². The van der Waals surface area contributed by atoms with Gasteiger partial charge in [-0.2, -0.15) is 0 Å². The molecule has 0 aromatic rings. The van der Waals surface area contributed by atoms with Crippen LogP contribution in [0.2, 0.25) is 0 Å². The summed E-state index contributed by atoms with van der Waals surface area (Å²) in [7, 11) is 0. The molecule has 1 aliphatic heterocycles. The summed E-state index contributed by atoms with van der Waals surface area (Å²) in [6, 6.07) is 0.427. The van der Waals surface area contributed by atoms with Crippen molar-refractivity contribution in [2.45, 2.75) is 115 Å². The minimum atomic E-state index is 0.427. The maximum Gasteiger partial charge on any atom is 0.0576 e. The number of hydrogen-bond acceptors (Lipinski definition) is 2. The van der Waals surface area contributed by atoms with Crippen molar-refractivity contribution in [2.24, 2.45) is 5.73 Å². The van der Waals surface area contributed by atoms with Crippen LogP contribution in [0.1, 0.15) is 103 Å². The molecule has 2 nitrogen and oxygen atoms in total. The van der Waals surface area contributed by atoms with Crippen LogP contribution in [0.25, 0.3) is 0 Å².